The molecule has 98 valence electrons. The highest BCUT2D eigenvalue weighted by Crippen LogP contribution is 2.40. The summed E-state index contributed by atoms with van der Waals surface area (Å²) in [7, 11) is 0. The highest BCUT2D eigenvalue weighted by Gasteiger charge is 2.26. The van der Waals surface area contributed by atoms with Crippen LogP contribution < -0.4 is 10.5 Å². The number of rotatable bonds is 1. The van der Waals surface area contributed by atoms with E-state index in [-0.39, 0.29) is 12.1 Å². The summed E-state index contributed by atoms with van der Waals surface area (Å²) >= 11 is 12.0. The third kappa shape index (κ3) is 2.44. The van der Waals surface area contributed by atoms with E-state index in [2.05, 4.69) is 0 Å². The Morgan fingerprint density at radius 2 is 1.84 bits per heavy atom. The van der Waals surface area contributed by atoms with Crippen molar-refractivity contribution in [2.45, 2.75) is 18.6 Å². The van der Waals surface area contributed by atoms with Gasteiger partial charge in [-0.25, -0.2) is 0 Å². The first-order chi connectivity index (χ1) is 9.15. The Balaban J connectivity index is 1.94. The molecule has 0 radical (unpaired) electrons. The number of fused-ring (bicyclic) bond motifs is 1. The van der Waals surface area contributed by atoms with Crippen molar-refractivity contribution in [3.05, 3.63) is 63.6 Å². The Labute approximate surface area is 122 Å². The predicted molar refractivity (Wildman–Crippen MR) is 77.8 cm³/mol. The first-order valence-corrected chi connectivity index (χ1v) is 6.87. The van der Waals surface area contributed by atoms with Gasteiger partial charge in [0.15, 0.2) is 0 Å². The molecule has 0 saturated carbocycles. The van der Waals surface area contributed by atoms with Crippen LogP contribution in [0.2, 0.25) is 10.0 Å². The normalized spacial score (nSPS) is 21.6. The second kappa shape index (κ2) is 5.04. The average Bonchev–Trinajstić information content (AvgIpc) is 2.42. The van der Waals surface area contributed by atoms with Gasteiger partial charge in [0.2, 0.25) is 0 Å². The fourth-order valence-corrected chi connectivity index (χ4v) is 2.68. The standard InChI is InChI=1S/C15H13Cl2NO/c16-11-6-5-9(7-12(11)17)15-8-13(18)10-3-1-2-4-14(10)19-15/h1-7,13,15H,8,18H2/t13-,15?/m0/s1. The van der Waals surface area contributed by atoms with Crippen molar-refractivity contribution < 1.29 is 4.74 Å². The van der Waals surface area contributed by atoms with E-state index < -0.39 is 0 Å². The van der Waals surface area contributed by atoms with Crippen LogP contribution in [0.25, 0.3) is 0 Å². The molecule has 2 aromatic carbocycles. The first-order valence-electron chi connectivity index (χ1n) is 6.11. The molecule has 4 heteroatoms. The maximum atomic E-state index is 6.20. The third-order valence-corrected chi connectivity index (χ3v) is 4.11. The van der Waals surface area contributed by atoms with Gasteiger partial charge in [0.1, 0.15) is 11.9 Å². The molecule has 0 aromatic heterocycles. The zero-order valence-electron chi connectivity index (χ0n) is 10.1. The monoisotopic (exact) mass is 293 g/mol. The SMILES string of the molecule is N[C@H]1CC(c2ccc(Cl)c(Cl)c2)Oc2ccccc21. The molecule has 1 aliphatic heterocycles. The summed E-state index contributed by atoms with van der Waals surface area (Å²) in [6.07, 6.45) is 0.647. The number of hydrogen-bond donors (Lipinski definition) is 1. The first kappa shape index (κ1) is 12.8. The van der Waals surface area contributed by atoms with Gasteiger partial charge in [-0.3, -0.25) is 0 Å². The Bertz CT molecular complexity index is 615. The Morgan fingerprint density at radius 1 is 1.05 bits per heavy atom. The van der Waals surface area contributed by atoms with E-state index in [9.17, 15) is 0 Å². The zero-order chi connectivity index (χ0) is 13.4. The minimum Gasteiger partial charge on any atom is -0.485 e. The molecule has 3 rings (SSSR count). The van der Waals surface area contributed by atoms with E-state index in [0.717, 1.165) is 23.3 Å². The van der Waals surface area contributed by atoms with Crippen LogP contribution in [-0.2, 0) is 0 Å². The van der Waals surface area contributed by atoms with E-state index in [1.54, 1.807) is 6.07 Å². The largest absolute Gasteiger partial charge is 0.485 e. The minimum absolute atomic E-state index is 0.0237. The van der Waals surface area contributed by atoms with Gasteiger partial charge in [0.25, 0.3) is 0 Å². The Kier molecular flexibility index (Phi) is 3.40. The van der Waals surface area contributed by atoms with Gasteiger partial charge in [-0.2, -0.15) is 0 Å². The van der Waals surface area contributed by atoms with Crippen molar-refractivity contribution >= 4 is 23.2 Å². The van der Waals surface area contributed by atoms with Gasteiger partial charge in [-0.05, 0) is 23.8 Å². The van der Waals surface area contributed by atoms with Gasteiger partial charge in [0.05, 0.1) is 10.0 Å². The molecular weight excluding hydrogens is 281 g/mol. The lowest BCUT2D eigenvalue weighted by molar-refractivity contribution is 0.161. The second-order valence-corrected chi connectivity index (χ2v) is 5.47. The molecule has 2 N–H and O–H groups in total. The summed E-state index contributed by atoms with van der Waals surface area (Å²) in [5.74, 6) is 0.845. The Morgan fingerprint density at radius 3 is 2.63 bits per heavy atom. The van der Waals surface area contributed by atoms with Crippen molar-refractivity contribution in [2.75, 3.05) is 0 Å². The highest BCUT2D eigenvalue weighted by molar-refractivity contribution is 6.42. The summed E-state index contributed by atoms with van der Waals surface area (Å²) in [4.78, 5) is 0. The molecule has 2 atom stereocenters. The van der Waals surface area contributed by atoms with E-state index in [4.69, 9.17) is 33.7 Å². The number of ether oxygens (including phenoxy) is 1. The zero-order valence-corrected chi connectivity index (χ0v) is 11.7. The lowest BCUT2D eigenvalue weighted by Gasteiger charge is -2.30. The second-order valence-electron chi connectivity index (χ2n) is 4.66. The number of hydrogen-bond acceptors (Lipinski definition) is 2. The summed E-state index contributed by atoms with van der Waals surface area (Å²) in [5, 5.41) is 1.08. The van der Waals surface area contributed by atoms with Crippen LogP contribution in [-0.4, -0.2) is 0 Å². The lowest BCUT2D eigenvalue weighted by atomic mass is 9.94. The van der Waals surface area contributed by atoms with Crippen molar-refractivity contribution in [1.29, 1.82) is 0 Å². The van der Waals surface area contributed by atoms with Gasteiger partial charge < -0.3 is 10.5 Å². The molecule has 0 spiro atoms. The third-order valence-electron chi connectivity index (χ3n) is 3.37. The maximum absolute atomic E-state index is 6.20. The maximum Gasteiger partial charge on any atom is 0.126 e. The summed E-state index contributed by atoms with van der Waals surface area (Å²) in [6.45, 7) is 0. The van der Waals surface area contributed by atoms with Crippen LogP contribution >= 0.6 is 23.2 Å². The molecule has 2 nitrogen and oxygen atoms in total. The minimum atomic E-state index is -0.0836. The fourth-order valence-electron chi connectivity index (χ4n) is 2.37. The van der Waals surface area contributed by atoms with Crippen LogP contribution in [0.4, 0.5) is 0 Å². The summed E-state index contributed by atoms with van der Waals surface area (Å²) in [6, 6.07) is 13.4. The molecule has 0 fully saturated rings. The van der Waals surface area contributed by atoms with Crippen molar-refractivity contribution in [1.82, 2.24) is 0 Å². The smallest absolute Gasteiger partial charge is 0.126 e. The number of benzene rings is 2. The van der Waals surface area contributed by atoms with E-state index in [0.29, 0.717) is 10.0 Å². The molecule has 0 saturated heterocycles. The van der Waals surface area contributed by atoms with Gasteiger partial charge in [0, 0.05) is 18.0 Å². The lowest BCUT2D eigenvalue weighted by Crippen LogP contribution is -2.24. The molecule has 1 aliphatic rings. The van der Waals surface area contributed by atoms with E-state index >= 15 is 0 Å². The summed E-state index contributed by atoms with van der Waals surface area (Å²) < 4.78 is 6.00. The number of para-hydroxylation sites is 1. The molecule has 19 heavy (non-hydrogen) atoms. The van der Waals surface area contributed by atoms with E-state index in [1.165, 1.54) is 0 Å². The van der Waals surface area contributed by atoms with Crippen LogP contribution in [0.3, 0.4) is 0 Å². The van der Waals surface area contributed by atoms with Crippen LogP contribution in [0.1, 0.15) is 29.7 Å². The van der Waals surface area contributed by atoms with Gasteiger partial charge >= 0.3 is 0 Å². The molecule has 2 aromatic rings. The van der Waals surface area contributed by atoms with Crippen LogP contribution in [0.5, 0.6) is 5.75 Å². The van der Waals surface area contributed by atoms with Crippen molar-refractivity contribution in [3.8, 4) is 5.75 Å². The van der Waals surface area contributed by atoms with E-state index in [1.807, 2.05) is 36.4 Å². The topological polar surface area (TPSA) is 35.2 Å². The number of nitrogens with two attached hydrogens (primary N) is 1. The molecule has 1 heterocycles. The average molecular weight is 294 g/mol. The van der Waals surface area contributed by atoms with Gasteiger partial charge in [-0.1, -0.05) is 47.5 Å². The molecule has 0 aliphatic carbocycles. The molecule has 1 unspecified atom stereocenters. The van der Waals surface area contributed by atoms with Crippen LogP contribution in [0, 0.1) is 0 Å². The summed E-state index contributed by atoms with van der Waals surface area (Å²) in [5.41, 5.74) is 8.26. The highest BCUT2D eigenvalue weighted by atomic mass is 35.5. The molecule has 0 bridgehead atoms. The quantitative estimate of drug-likeness (QED) is 0.839. The van der Waals surface area contributed by atoms with Crippen molar-refractivity contribution in [2.24, 2.45) is 5.73 Å². The predicted octanol–water partition coefficient (Wildman–Crippen LogP) is 4.52. The van der Waals surface area contributed by atoms with Crippen molar-refractivity contribution in [3.63, 3.8) is 0 Å². The fraction of sp³-hybridized carbons (Fsp3) is 0.200. The Hall–Kier alpha value is -1.22. The number of halogens is 2. The molecule has 0 amide bonds. The van der Waals surface area contributed by atoms with Gasteiger partial charge in [-0.15, -0.1) is 0 Å². The molecular formula is C15H13Cl2NO. The van der Waals surface area contributed by atoms with Crippen LogP contribution in [0.15, 0.2) is 42.5 Å².